The molecule has 0 heterocycles. The first kappa shape index (κ1) is 22.6. The number of nitrogens with two attached hydrogens (primary N) is 1. The van der Waals surface area contributed by atoms with Crippen molar-refractivity contribution in [3.63, 3.8) is 0 Å². The highest BCUT2D eigenvalue weighted by molar-refractivity contribution is 5.89. The Balaban J connectivity index is 2.80. The van der Waals surface area contributed by atoms with Crippen LogP contribution in [0.3, 0.4) is 0 Å². The van der Waals surface area contributed by atoms with Gasteiger partial charge in [-0.1, -0.05) is 45.9 Å². The van der Waals surface area contributed by atoms with Crippen molar-refractivity contribution in [3.8, 4) is 0 Å². The molecule has 0 aliphatic rings. The minimum Gasteiger partial charge on any atom is -0.481 e. The molecule has 0 saturated carbocycles. The molecule has 0 amide bonds. The van der Waals surface area contributed by atoms with Gasteiger partial charge >= 0.3 is 17.9 Å². The molecule has 27 heavy (non-hydrogen) atoms. The monoisotopic (exact) mass is 379 g/mol. The van der Waals surface area contributed by atoms with Crippen LogP contribution in [0.15, 0.2) is 30.3 Å². The second kappa shape index (κ2) is 10.7. The molecular formula is C20H29NO6. The van der Waals surface area contributed by atoms with Gasteiger partial charge in [0.15, 0.2) is 0 Å². The van der Waals surface area contributed by atoms with Gasteiger partial charge in [-0.15, -0.1) is 0 Å². The topological polar surface area (TPSA) is 116 Å². The van der Waals surface area contributed by atoms with Gasteiger partial charge in [-0.25, -0.2) is 4.79 Å². The van der Waals surface area contributed by atoms with Crippen molar-refractivity contribution >= 4 is 17.9 Å². The molecule has 0 bridgehead atoms. The molecule has 7 nitrogen and oxygen atoms in total. The molecule has 0 saturated heterocycles. The Morgan fingerprint density at radius 3 is 2.11 bits per heavy atom. The number of hydrogen-bond acceptors (Lipinski definition) is 6. The first-order valence-electron chi connectivity index (χ1n) is 9.05. The summed E-state index contributed by atoms with van der Waals surface area (Å²) in [5, 5.41) is 9.07. The molecule has 7 heteroatoms. The van der Waals surface area contributed by atoms with Gasteiger partial charge in [0, 0.05) is 5.92 Å². The number of carbonyl (C=O) groups is 3. The van der Waals surface area contributed by atoms with E-state index < -0.39 is 36.2 Å². The average molecular weight is 379 g/mol. The summed E-state index contributed by atoms with van der Waals surface area (Å²) in [5.41, 5.74) is 6.31. The van der Waals surface area contributed by atoms with Crippen LogP contribution in [0.2, 0.25) is 0 Å². The Bertz CT molecular complexity index is 629. The van der Waals surface area contributed by atoms with Crippen molar-refractivity contribution in [2.24, 2.45) is 23.5 Å². The third-order valence-electron chi connectivity index (χ3n) is 4.00. The van der Waals surface area contributed by atoms with E-state index in [1.54, 1.807) is 44.2 Å². The Morgan fingerprint density at radius 2 is 1.63 bits per heavy atom. The number of esters is 2. The third kappa shape index (κ3) is 7.78. The van der Waals surface area contributed by atoms with Crippen LogP contribution in [-0.2, 0) is 19.1 Å². The maximum absolute atomic E-state index is 12.4. The fraction of sp³-hybridized carbons (Fsp3) is 0.550. The van der Waals surface area contributed by atoms with E-state index in [4.69, 9.17) is 20.3 Å². The molecule has 150 valence electrons. The van der Waals surface area contributed by atoms with E-state index in [0.717, 1.165) is 0 Å². The molecule has 0 aliphatic carbocycles. The molecule has 3 N–H and O–H groups in total. The lowest BCUT2D eigenvalue weighted by atomic mass is 9.88. The summed E-state index contributed by atoms with van der Waals surface area (Å²) in [6, 6.07) is 7.25. The minimum atomic E-state index is -1.11. The van der Waals surface area contributed by atoms with Crippen LogP contribution in [0.4, 0.5) is 0 Å². The van der Waals surface area contributed by atoms with Crippen molar-refractivity contribution in [2.75, 3.05) is 0 Å². The van der Waals surface area contributed by atoms with Crippen molar-refractivity contribution < 1.29 is 29.0 Å². The number of carbonyl (C=O) groups excluding carboxylic acids is 2. The summed E-state index contributed by atoms with van der Waals surface area (Å²) in [5.74, 6) is -3.10. The fourth-order valence-corrected chi connectivity index (χ4v) is 2.62. The average Bonchev–Trinajstić information content (AvgIpc) is 2.59. The van der Waals surface area contributed by atoms with Crippen molar-refractivity contribution in [1.82, 2.24) is 0 Å². The molecule has 0 aliphatic heterocycles. The molecule has 1 aromatic carbocycles. The van der Waals surface area contributed by atoms with Gasteiger partial charge in [0.2, 0.25) is 6.29 Å². The largest absolute Gasteiger partial charge is 0.481 e. The molecule has 0 spiro atoms. The van der Waals surface area contributed by atoms with Crippen LogP contribution in [0.25, 0.3) is 0 Å². The fourth-order valence-electron chi connectivity index (χ4n) is 2.62. The normalized spacial score (nSPS) is 14.5. The highest BCUT2D eigenvalue weighted by atomic mass is 16.7. The third-order valence-corrected chi connectivity index (χ3v) is 4.00. The summed E-state index contributed by atoms with van der Waals surface area (Å²) in [6.45, 7) is 7.33. The zero-order valence-electron chi connectivity index (χ0n) is 16.3. The smallest absolute Gasteiger partial charge is 0.341 e. The van der Waals surface area contributed by atoms with E-state index in [-0.39, 0.29) is 18.3 Å². The summed E-state index contributed by atoms with van der Waals surface area (Å²) in [4.78, 5) is 35.7. The zero-order chi connectivity index (χ0) is 20.6. The highest BCUT2D eigenvalue weighted by Gasteiger charge is 2.32. The van der Waals surface area contributed by atoms with E-state index in [9.17, 15) is 14.4 Å². The van der Waals surface area contributed by atoms with Crippen molar-refractivity contribution in [1.29, 1.82) is 0 Å². The number of benzene rings is 1. The summed E-state index contributed by atoms with van der Waals surface area (Å²) >= 11 is 0. The Hall–Kier alpha value is -2.41. The molecule has 1 rings (SSSR count). The lowest BCUT2D eigenvalue weighted by Crippen LogP contribution is -2.44. The maximum Gasteiger partial charge on any atom is 0.341 e. The van der Waals surface area contributed by atoms with Gasteiger partial charge in [-0.2, -0.15) is 0 Å². The minimum absolute atomic E-state index is 0.171. The van der Waals surface area contributed by atoms with Gasteiger partial charge in [0.05, 0.1) is 12.0 Å². The van der Waals surface area contributed by atoms with Crippen LogP contribution >= 0.6 is 0 Å². The van der Waals surface area contributed by atoms with E-state index >= 15 is 0 Å². The van der Waals surface area contributed by atoms with Crippen LogP contribution in [0.5, 0.6) is 0 Å². The van der Waals surface area contributed by atoms with Crippen molar-refractivity contribution in [3.05, 3.63) is 35.9 Å². The van der Waals surface area contributed by atoms with Gasteiger partial charge in [0.1, 0.15) is 6.04 Å². The first-order chi connectivity index (χ1) is 12.6. The van der Waals surface area contributed by atoms with Crippen LogP contribution < -0.4 is 5.73 Å². The number of ether oxygens (including phenoxy) is 2. The molecule has 0 radical (unpaired) electrons. The van der Waals surface area contributed by atoms with Crippen LogP contribution in [0, 0.1) is 17.8 Å². The molecule has 0 aromatic heterocycles. The number of aliphatic carboxylic acids is 1. The van der Waals surface area contributed by atoms with Gasteiger partial charge in [-0.3, -0.25) is 9.59 Å². The van der Waals surface area contributed by atoms with E-state index in [1.807, 2.05) is 13.8 Å². The predicted octanol–water partition coefficient (Wildman–Crippen LogP) is 2.83. The summed E-state index contributed by atoms with van der Waals surface area (Å²) < 4.78 is 10.6. The first-order valence-corrected chi connectivity index (χ1v) is 9.05. The Morgan fingerprint density at radius 1 is 1.04 bits per heavy atom. The van der Waals surface area contributed by atoms with Gasteiger partial charge < -0.3 is 20.3 Å². The summed E-state index contributed by atoms with van der Waals surface area (Å²) in [7, 11) is 0. The molecule has 3 unspecified atom stereocenters. The van der Waals surface area contributed by atoms with E-state index in [1.165, 1.54) is 0 Å². The maximum atomic E-state index is 12.4. The van der Waals surface area contributed by atoms with Gasteiger partial charge in [-0.05, 0) is 30.4 Å². The lowest BCUT2D eigenvalue weighted by Gasteiger charge is -2.26. The quantitative estimate of drug-likeness (QED) is 0.474. The van der Waals surface area contributed by atoms with Crippen LogP contribution in [0.1, 0.15) is 50.9 Å². The highest BCUT2D eigenvalue weighted by Crippen LogP contribution is 2.21. The Labute approximate surface area is 159 Å². The predicted molar refractivity (Wildman–Crippen MR) is 99.7 cm³/mol. The van der Waals surface area contributed by atoms with E-state index in [0.29, 0.717) is 12.0 Å². The number of rotatable bonds is 10. The molecule has 0 fully saturated rings. The van der Waals surface area contributed by atoms with Crippen molar-refractivity contribution in [2.45, 2.75) is 52.9 Å². The van der Waals surface area contributed by atoms with Crippen LogP contribution in [-0.4, -0.2) is 35.3 Å². The molecule has 1 aromatic rings. The standard InChI is InChI=1S/C20H29NO6/c1-12(2)10-15(11-16(22)23)17(21)19(25)27-20(13(3)4)26-18(24)14-8-6-5-7-9-14/h5-9,12-13,15,17,20H,10-11,21H2,1-4H3,(H,22,23). The lowest BCUT2D eigenvalue weighted by molar-refractivity contribution is -0.178. The SMILES string of the molecule is CC(C)CC(CC(=O)O)C(N)C(=O)OC(OC(=O)c1ccccc1)C(C)C. The second-order valence-corrected chi connectivity index (χ2v) is 7.33. The Kier molecular flexibility index (Phi) is 8.94. The second-order valence-electron chi connectivity index (χ2n) is 7.33. The number of hydrogen-bond donors (Lipinski definition) is 2. The number of carboxylic acid groups (broad SMARTS) is 1. The molecular weight excluding hydrogens is 350 g/mol. The summed E-state index contributed by atoms with van der Waals surface area (Å²) in [6.07, 6.45) is -0.871. The number of carboxylic acids is 1. The van der Waals surface area contributed by atoms with Gasteiger partial charge in [0.25, 0.3) is 0 Å². The molecule has 3 atom stereocenters. The van der Waals surface area contributed by atoms with E-state index in [2.05, 4.69) is 0 Å². The zero-order valence-corrected chi connectivity index (χ0v) is 16.3.